The Balaban J connectivity index is 1.79. The lowest BCUT2D eigenvalue weighted by Crippen LogP contribution is -2.29. The van der Waals surface area contributed by atoms with Crippen LogP contribution in [0.15, 0.2) is 18.2 Å². The molecule has 1 aliphatic heterocycles. The second-order valence-electron chi connectivity index (χ2n) is 5.36. The van der Waals surface area contributed by atoms with Gasteiger partial charge in [-0.25, -0.2) is 4.39 Å². The molecule has 0 spiro atoms. The Hall–Kier alpha value is -1.13. The molecule has 0 aromatic heterocycles. The standard InChI is InChI=1S/C15H21FN2O/c16-14-4-1-3-12(11-17-13-5-6-13)15(14)18-7-2-9-19-10-8-18/h1,3-4,13,17H,2,5-11H2. The quantitative estimate of drug-likeness (QED) is 0.903. The number of benzene rings is 1. The van der Waals surface area contributed by atoms with E-state index in [1.165, 1.54) is 12.8 Å². The molecule has 0 atom stereocenters. The molecule has 1 N–H and O–H groups in total. The first-order chi connectivity index (χ1) is 9.34. The van der Waals surface area contributed by atoms with Gasteiger partial charge in [0.2, 0.25) is 0 Å². The van der Waals surface area contributed by atoms with Gasteiger partial charge < -0.3 is 15.0 Å². The van der Waals surface area contributed by atoms with E-state index in [9.17, 15) is 4.39 Å². The van der Waals surface area contributed by atoms with Crippen molar-refractivity contribution in [3.8, 4) is 0 Å². The maximum absolute atomic E-state index is 14.2. The van der Waals surface area contributed by atoms with Gasteiger partial charge >= 0.3 is 0 Å². The van der Waals surface area contributed by atoms with Gasteiger partial charge in [-0.1, -0.05) is 12.1 Å². The smallest absolute Gasteiger partial charge is 0.146 e. The minimum absolute atomic E-state index is 0.114. The number of nitrogens with one attached hydrogen (secondary N) is 1. The number of para-hydroxylation sites is 1. The third kappa shape index (κ3) is 3.25. The monoisotopic (exact) mass is 264 g/mol. The summed E-state index contributed by atoms with van der Waals surface area (Å²) in [6.07, 6.45) is 3.47. The number of anilines is 1. The average Bonchev–Trinajstić information content (AvgIpc) is 3.24. The van der Waals surface area contributed by atoms with Gasteiger partial charge in [-0.05, 0) is 30.9 Å². The molecule has 19 heavy (non-hydrogen) atoms. The first-order valence-electron chi connectivity index (χ1n) is 7.18. The van der Waals surface area contributed by atoms with E-state index in [-0.39, 0.29) is 5.82 Å². The molecule has 2 aliphatic rings. The van der Waals surface area contributed by atoms with Crippen LogP contribution in [-0.2, 0) is 11.3 Å². The van der Waals surface area contributed by atoms with Crippen molar-refractivity contribution < 1.29 is 9.13 Å². The van der Waals surface area contributed by atoms with E-state index in [4.69, 9.17) is 4.74 Å². The maximum atomic E-state index is 14.2. The van der Waals surface area contributed by atoms with Crippen molar-refractivity contribution in [1.29, 1.82) is 0 Å². The second-order valence-corrected chi connectivity index (χ2v) is 5.36. The topological polar surface area (TPSA) is 24.5 Å². The number of ether oxygens (including phenoxy) is 1. The van der Waals surface area contributed by atoms with Crippen LogP contribution in [-0.4, -0.2) is 32.3 Å². The van der Waals surface area contributed by atoms with Crippen LogP contribution in [0.3, 0.4) is 0 Å². The van der Waals surface area contributed by atoms with Crippen LogP contribution in [0, 0.1) is 5.82 Å². The highest BCUT2D eigenvalue weighted by Gasteiger charge is 2.22. The molecule has 1 aromatic rings. The molecule has 0 amide bonds. The van der Waals surface area contributed by atoms with Crippen LogP contribution < -0.4 is 10.2 Å². The van der Waals surface area contributed by atoms with E-state index < -0.39 is 0 Å². The molecular weight excluding hydrogens is 243 g/mol. The summed E-state index contributed by atoms with van der Waals surface area (Å²) in [5, 5.41) is 3.47. The van der Waals surface area contributed by atoms with E-state index in [1.54, 1.807) is 12.1 Å². The fraction of sp³-hybridized carbons (Fsp3) is 0.600. The molecule has 104 valence electrons. The highest BCUT2D eigenvalue weighted by Crippen LogP contribution is 2.27. The molecule has 1 aromatic carbocycles. The van der Waals surface area contributed by atoms with Crippen molar-refractivity contribution in [3.63, 3.8) is 0 Å². The lowest BCUT2D eigenvalue weighted by molar-refractivity contribution is 0.152. The summed E-state index contributed by atoms with van der Waals surface area (Å²) in [6.45, 7) is 3.87. The third-order valence-corrected chi connectivity index (χ3v) is 3.77. The zero-order chi connectivity index (χ0) is 13.1. The Morgan fingerprint density at radius 3 is 3.00 bits per heavy atom. The summed E-state index contributed by atoms with van der Waals surface area (Å²) in [6, 6.07) is 6.03. The number of hydrogen-bond acceptors (Lipinski definition) is 3. The number of nitrogens with zero attached hydrogens (tertiary/aromatic N) is 1. The molecule has 2 fully saturated rings. The highest BCUT2D eigenvalue weighted by molar-refractivity contribution is 5.55. The van der Waals surface area contributed by atoms with Crippen LogP contribution in [0.1, 0.15) is 24.8 Å². The molecule has 3 nitrogen and oxygen atoms in total. The molecule has 1 aliphatic carbocycles. The Bertz CT molecular complexity index is 426. The summed E-state index contributed by atoms with van der Waals surface area (Å²) in [5.74, 6) is -0.114. The van der Waals surface area contributed by atoms with E-state index in [0.717, 1.165) is 43.9 Å². The van der Waals surface area contributed by atoms with Gasteiger partial charge in [0.05, 0.1) is 12.3 Å². The molecule has 0 unspecified atom stereocenters. The van der Waals surface area contributed by atoms with Gasteiger partial charge in [-0.15, -0.1) is 0 Å². The molecule has 0 radical (unpaired) electrons. The largest absolute Gasteiger partial charge is 0.380 e. The average molecular weight is 264 g/mol. The van der Waals surface area contributed by atoms with Gasteiger partial charge in [-0.2, -0.15) is 0 Å². The summed E-state index contributed by atoms with van der Waals surface area (Å²) in [4.78, 5) is 2.13. The SMILES string of the molecule is Fc1cccc(CNC2CC2)c1N1CCCOCC1. The molecule has 3 rings (SSSR count). The van der Waals surface area contributed by atoms with Crippen molar-refractivity contribution in [2.75, 3.05) is 31.2 Å². The van der Waals surface area contributed by atoms with Crippen molar-refractivity contribution in [1.82, 2.24) is 5.32 Å². The van der Waals surface area contributed by atoms with Crippen molar-refractivity contribution >= 4 is 5.69 Å². The van der Waals surface area contributed by atoms with E-state index in [0.29, 0.717) is 12.6 Å². The zero-order valence-corrected chi connectivity index (χ0v) is 11.2. The van der Waals surface area contributed by atoms with E-state index in [1.807, 2.05) is 6.07 Å². The lowest BCUT2D eigenvalue weighted by Gasteiger charge is -2.25. The normalized spacial score (nSPS) is 20.4. The zero-order valence-electron chi connectivity index (χ0n) is 11.2. The summed E-state index contributed by atoms with van der Waals surface area (Å²) >= 11 is 0. The Morgan fingerprint density at radius 1 is 1.26 bits per heavy atom. The van der Waals surface area contributed by atoms with Crippen LogP contribution in [0.2, 0.25) is 0 Å². The minimum Gasteiger partial charge on any atom is -0.380 e. The highest BCUT2D eigenvalue weighted by atomic mass is 19.1. The first kappa shape index (κ1) is 12.9. The minimum atomic E-state index is -0.114. The second kappa shape index (κ2) is 5.88. The fourth-order valence-electron chi connectivity index (χ4n) is 2.57. The molecule has 4 heteroatoms. The van der Waals surface area contributed by atoms with Crippen LogP contribution in [0.25, 0.3) is 0 Å². The van der Waals surface area contributed by atoms with E-state index in [2.05, 4.69) is 10.2 Å². The predicted octanol–water partition coefficient (Wildman–Crippen LogP) is 2.30. The molecule has 0 bridgehead atoms. The van der Waals surface area contributed by atoms with Gasteiger partial charge in [0.1, 0.15) is 5.82 Å². The summed E-state index contributed by atoms with van der Waals surface area (Å²) in [7, 11) is 0. The van der Waals surface area contributed by atoms with Crippen molar-refractivity contribution in [2.45, 2.75) is 31.8 Å². The first-order valence-corrected chi connectivity index (χ1v) is 7.18. The van der Waals surface area contributed by atoms with Crippen molar-refractivity contribution in [3.05, 3.63) is 29.6 Å². The predicted molar refractivity (Wildman–Crippen MR) is 73.9 cm³/mol. The number of rotatable bonds is 4. The molecule has 1 saturated carbocycles. The van der Waals surface area contributed by atoms with Crippen molar-refractivity contribution in [2.24, 2.45) is 0 Å². The molecule has 1 saturated heterocycles. The van der Waals surface area contributed by atoms with Gasteiger partial charge in [0.15, 0.2) is 0 Å². The van der Waals surface area contributed by atoms with Gasteiger partial charge in [0.25, 0.3) is 0 Å². The maximum Gasteiger partial charge on any atom is 0.146 e. The number of hydrogen-bond donors (Lipinski definition) is 1. The van der Waals surface area contributed by atoms with E-state index >= 15 is 0 Å². The Morgan fingerprint density at radius 2 is 2.16 bits per heavy atom. The number of halogens is 1. The van der Waals surface area contributed by atoms with Crippen LogP contribution >= 0.6 is 0 Å². The lowest BCUT2D eigenvalue weighted by atomic mass is 10.1. The van der Waals surface area contributed by atoms with Gasteiger partial charge in [-0.3, -0.25) is 0 Å². The molecular formula is C15H21FN2O. The Labute approximate surface area is 113 Å². The van der Waals surface area contributed by atoms with Gasteiger partial charge in [0, 0.05) is 32.3 Å². The molecule has 1 heterocycles. The summed E-state index contributed by atoms with van der Waals surface area (Å²) < 4.78 is 19.7. The third-order valence-electron chi connectivity index (χ3n) is 3.77. The Kier molecular flexibility index (Phi) is 3.99. The van der Waals surface area contributed by atoms with Crippen LogP contribution in [0.4, 0.5) is 10.1 Å². The van der Waals surface area contributed by atoms with Crippen LogP contribution in [0.5, 0.6) is 0 Å². The fourth-order valence-corrected chi connectivity index (χ4v) is 2.57. The summed E-state index contributed by atoms with van der Waals surface area (Å²) in [5.41, 5.74) is 1.83.